The third-order valence-corrected chi connectivity index (χ3v) is 7.63. The molecular formula is C33H35FN8O4. The number of carbonyl (C=O) groups excluding carboxylic acids is 1. The van der Waals surface area contributed by atoms with Gasteiger partial charge in [0.15, 0.2) is 5.65 Å². The van der Waals surface area contributed by atoms with Crippen LogP contribution in [0.5, 0.6) is 17.2 Å². The molecule has 46 heavy (non-hydrogen) atoms. The molecule has 238 valence electrons. The largest absolute Gasteiger partial charge is 0.489 e. The van der Waals surface area contributed by atoms with Crippen molar-refractivity contribution in [2.45, 2.75) is 64.8 Å². The molecule has 2 aromatic carbocycles. The minimum atomic E-state index is -0.566. The molecule has 12 nitrogen and oxygen atoms in total. The van der Waals surface area contributed by atoms with Crippen LogP contribution in [0.3, 0.4) is 0 Å². The molecule has 1 fully saturated rings. The molecular weight excluding hydrogens is 591 g/mol. The number of hydrogen-bond acceptors (Lipinski definition) is 10. The van der Waals surface area contributed by atoms with Crippen molar-refractivity contribution >= 4 is 22.9 Å². The molecule has 0 atom stereocenters. The van der Waals surface area contributed by atoms with Gasteiger partial charge in [0.25, 0.3) is 0 Å². The van der Waals surface area contributed by atoms with Gasteiger partial charge in [0.05, 0.1) is 11.4 Å². The number of rotatable bonds is 8. The number of nitrogens with two attached hydrogens (primary N) is 1. The highest BCUT2D eigenvalue weighted by molar-refractivity contribution is 5.98. The molecule has 13 heteroatoms. The van der Waals surface area contributed by atoms with Crippen LogP contribution in [0.4, 0.5) is 15.0 Å². The lowest BCUT2D eigenvalue weighted by molar-refractivity contribution is 0.00720. The average molecular weight is 627 g/mol. The van der Waals surface area contributed by atoms with Gasteiger partial charge in [0, 0.05) is 54.8 Å². The fourth-order valence-electron chi connectivity index (χ4n) is 5.17. The number of nitrogens with zero attached hydrogens (tertiary/aromatic N) is 7. The Morgan fingerprint density at radius 2 is 1.72 bits per heavy atom. The average Bonchev–Trinajstić information content (AvgIpc) is 3.36. The van der Waals surface area contributed by atoms with Gasteiger partial charge in [-0.15, -0.1) is 0 Å². The van der Waals surface area contributed by atoms with Crippen molar-refractivity contribution in [1.29, 1.82) is 0 Å². The summed E-state index contributed by atoms with van der Waals surface area (Å²) in [6, 6.07) is 11.5. The summed E-state index contributed by atoms with van der Waals surface area (Å²) < 4.78 is 33.5. The van der Waals surface area contributed by atoms with Gasteiger partial charge >= 0.3 is 6.09 Å². The van der Waals surface area contributed by atoms with Gasteiger partial charge in [0.2, 0.25) is 0 Å². The molecule has 6 rings (SSSR count). The molecule has 0 spiro atoms. The number of hydrogen-bond donors (Lipinski definition) is 1. The highest BCUT2D eigenvalue weighted by Crippen LogP contribution is 2.40. The zero-order valence-electron chi connectivity index (χ0n) is 26.3. The summed E-state index contributed by atoms with van der Waals surface area (Å²) in [7, 11) is 1.75. The lowest BCUT2D eigenvalue weighted by Gasteiger charge is -2.41. The van der Waals surface area contributed by atoms with Crippen LogP contribution in [-0.2, 0) is 11.3 Å². The van der Waals surface area contributed by atoms with E-state index in [0.717, 1.165) is 11.1 Å². The Bertz CT molecular complexity index is 1870. The topological polar surface area (TPSA) is 143 Å². The van der Waals surface area contributed by atoms with Crippen LogP contribution >= 0.6 is 0 Å². The van der Waals surface area contributed by atoms with Gasteiger partial charge in [-0.3, -0.25) is 0 Å². The van der Waals surface area contributed by atoms with Gasteiger partial charge in [-0.2, -0.15) is 5.10 Å². The first kappa shape index (κ1) is 30.7. The van der Waals surface area contributed by atoms with Crippen LogP contribution in [0.2, 0.25) is 0 Å². The molecule has 0 bridgehead atoms. The minimum absolute atomic E-state index is 0.0172. The zero-order chi connectivity index (χ0) is 32.6. The third-order valence-electron chi connectivity index (χ3n) is 7.63. The molecule has 0 saturated heterocycles. The quantitative estimate of drug-likeness (QED) is 0.210. The minimum Gasteiger partial charge on any atom is -0.489 e. The van der Waals surface area contributed by atoms with Gasteiger partial charge in [-0.1, -0.05) is 0 Å². The van der Waals surface area contributed by atoms with E-state index in [1.165, 1.54) is 18.5 Å². The summed E-state index contributed by atoms with van der Waals surface area (Å²) in [6.07, 6.45) is 5.80. The number of carbonyl (C=O) groups is 1. The van der Waals surface area contributed by atoms with Crippen molar-refractivity contribution in [3.63, 3.8) is 0 Å². The van der Waals surface area contributed by atoms with E-state index in [-0.39, 0.29) is 30.5 Å². The van der Waals surface area contributed by atoms with E-state index in [1.54, 1.807) is 49.5 Å². The standard InChI is InChI=1S/C33H35FN8O4/c1-19-36-15-20(16-37-19)17-44-26-10-22(34)11-27(14-26)45-25-8-6-21(7-9-25)29-28-30(35)38-18-39-31(28)42(40-29)24-12-23(13-24)41(5)32(43)46-33(2,3)4/h6-11,14-16,18,23-24H,12-13,17H2,1-5H3,(H2,35,38,39). The van der Waals surface area contributed by atoms with E-state index in [1.807, 2.05) is 37.6 Å². The molecule has 3 heterocycles. The van der Waals surface area contributed by atoms with Crippen molar-refractivity contribution in [1.82, 2.24) is 34.6 Å². The molecule has 5 aromatic rings. The Morgan fingerprint density at radius 1 is 1.02 bits per heavy atom. The SMILES string of the molecule is Cc1ncc(COc2cc(F)cc(Oc3ccc(-c4nn(C5CC(N(C)C(=O)OC(C)(C)C)C5)c5ncnc(N)c45)cc3)c2)cn1. The van der Waals surface area contributed by atoms with Gasteiger partial charge in [-0.25, -0.2) is 33.8 Å². The number of nitrogen functional groups attached to an aromatic ring is 1. The number of aromatic nitrogens is 6. The summed E-state index contributed by atoms with van der Waals surface area (Å²) in [5.74, 6) is 1.57. The summed E-state index contributed by atoms with van der Waals surface area (Å²) in [6.45, 7) is 7.53. The van der Waals surface area contributed by atoms with Crippen LogP contribution in [-0.4, -0.2) is 59.4 Å². The second-order valence-corrected chi connectivity index (χ2v) is 12.3. The normalized spacial score (nSPS) is 16.1. The molecule has 1 aliphatic carbocycles. The van der Waals surface area contributed by atoms with Gasteiger partial charge in [0.1, 0.15) is 58.9 Å². The summed E-state index contributed by atoms with van der Waals surface area (Å²) in [5.41, 5.74) is 8.55. The van der Waals surface area contributed by atoms with Gasteiger partial charge < -0.3 is 24.8 Å². The first-order valence-electron chi connectivity index (χ1n) is 14.9. The predicted octanol–water partition coefficient (Wildman–Crippen LogP) is 6.25. The van der Waals surface area contributed by atoms with E-state index < -0.39 is 11.4 Å². The van der Waals surface area contributed by atoms with Crippen molar-refractivity contribution in [2.24, 2.45) is 0 Å². The molecule has 0 aliphatic heterocycles. The van der Waals surface area contributed by atoms with Crippen LogP contribution in [0, 0.1) is 12.7 Å². The van der Waals surface area contributed by atoms with E-state index >= 15 is 0 Å². The fourth-order valence-corrected chi connectivity index (χ4v) is 5.17. The maximum atomic E-state index is 14.4. The maximum absolute atomic E-state index is 14.4. The smallest absolute Gasteiger partial charge is 0.410 e. The monoisotopic (exact) mass is 626 g/mol. The highest BCUT2D eigenvalue weighted by atomic mass is 19.1. The molecule has 3 aromatic heterocycles. The summed E-state index contributed by atoms with van der Waals surface area (Å²) >= 11 is 0. The van der Waals surface area contributed by atoms with Crippen molar-refractivity contribution < 1.29 is 23.4 Å². The predicted molar refractivity (Wildman–Crippen MR) is 169 cm³/mol. The molecule has 2 N–H and O–H groups in total. The van der Waals surface area contributed by atoms with Crippen molar-refractivity contribution in [3.8, 4) is 28.5 Å². The number of halogens is 1. The van der Waals surface area contributed by atoms with Crippen molar-refractivity contribution in [3.05, 3.63) is 78.4 Å². The van der Waals surface area contributed by atoms with E-state index in [4.69, 9.17) is 25.0 Å². The summed E-state index contributed by atoms with van der Waals surface area (Å²) in [4.78, 5) is 31.2. The van der Waals surface area contributed by atoms with Crippen LogP contribution in [0.25, 0.3) is 22.3 Å². The second-order valence-electron chi connectivity index (χ2n) is 12.3. The fraction of sp³-hybridized carbons (Fsp3) is 0.333. The van der Waals surface area contributed by atoms with Crippen LogP contribution in [0.1, 0.15) is 51.0 Å². The Hall–Kier alpha value is -5.33. The molecule has 0 unspecified atom stereocenters. The summed E-state index contributed by atoms with van der Waals surface area (Å²) in [5, 5.41) is 5.56. The molecule has 0 radical (unpaired) electrons. The zero-order valence-corrected chi connectivity index (χ0v) is 26.3. The number of anilines is 1. The first-order chi connectivity index (χ1) is 21.9. The van der Waals surface area contributed by atoms with E-state index in [9.17, 15) is 9.18 Å². The number of fused-ring (bicyclic) bond motifs is 1. The highest BCUT2D eigenvalue weighted by Gasteiger charge is 2.38. The third kappa shape index (κ3) is 6.67. The number of aryl methyl sites for hydroxylation is 1. The van der Waals surface area contributed by atoms with Crippen LogP contribution < -0.4 is 15.2 Å². The van der Waals surface area contributed by atoms with Gasteiger partial charge in [-0.05, 0) is 64.8 Å². The van der Waals surface area contributed by atoms with E-state index in [0.29, 0.717) is 52.7 Å². The second kappa shape index (κ2) is 12.2. The number of amides is 1. The first-order valence-corrected chi connectivity index (χ1v) is 14.9. The molecule has 1 saturated carbocycles. The Morgan fingerprint density at radius 3 is 2.41 bits per heavy atom. The van der Waals surface area contributed by atoms with E-state index in [2.05, 4.69) is 19.9 Å². The lowest BCUT2D eigenvalue weighted by atomic mass is 9.86. The molecule has 1 aliphatic rings. The maximum Gasteiger partial charge on any atom is 0.410 e. The Labute approximate surface area is 265 Å². The molecule has 1 amide bonds. The number of benzene rings is 2. The number of ether oxygens (including phenoxy) is 3. The lowest BCUT2D eigenvalue weighted by Crippen LogP contribution is -2.48. The Balaban J connectivity index is 1.17. The Kier molecular flexibility index (Phi) is 8.15. The van der Waals surface area contributed by atoms with Crippen molar-refractivity contribution in [2.75, 3.05) is 12.8 Å². The van der Waals surface area contributed by atoms with Crippen LogP contribution in [0.15, 0.2) is 61.2 Å².